The molecule has 0 bridgehead atoms. The lowest BCUT2D eigenvalue weighted by molar-refractivity contribution is -0.117. The van der Waals surface area contributed by atoms with Crippen LogP contribution in [0.1, 0.15) is 51.2 Å². The number of para-hydroxylation sites is 1. The number of halogens is 1. The predicted molar refractivity (Wildman–Crippen MR) is 128 cm³/mol. The molecule has 164 valence electrons. The molecule has 8 nitrogen and oxygen atoms in total. The quantitative estimate of drug-likeness (QED) is 0.238. The maximum Gasteiger partial charge on any atom is 0.229 e. The molecule has 3 rings (SSSR count). The molecule has 1 amide bonds. The first-order chi connectivity index (χ1) is 14.1. The van der Waals surface area contributed by atoms with Gasteiger partial charge in [-0.2, -0.15) is 4.98 Å². The standard InChI is InChI=1S/C21H30N6O2.HI/c1-4-22-21(23-12-8-11-18-25-20(15(2)3)26-29-18)24-16-13-19(28)27(14-16)17-9-6-5-7-10-17;/h5-7,9-10,15-16H,4,8,11-14H2,1-3H3,(H2,22,23,24);1H. The molecule has 30 heavy (non-hydrogen) atoms. The molecule has 0 aliphatic carbocycles. The van der Waals surface area contributed by atoms with Crippen molar-refractivity contribution >= 4 is 41.5 Å². The van der Waals surface area contributed by atoms with Crippen molar-refractivity contribution < 1.29 is 9.32 Å². The maximum atomic E-state index is 12.4. The topological polar surface area (TPSA) is 95.6 Å². The number of carbonyl (C=O) groups is 1. The molecule has 2 N–H and O–H groups in total. The molecule has 2 aromatic rings. The minimum absolute atomic E-state index is 0. The van der Waals surface area contributed by atoms with E-state index in [4.69, 9.17) is 4.52 Å². The third-order valence-corrected chi connectivity index (χ3v) is 4.70. The Balaban J connectivity index is 0.00000320. The summed E-state index contributed by atoms with van der Waals surface area (Å²) in [5, 5.41) is 10.6. The van der Waals surface area contributed by atoms with E-state index in [9.17, 15) is 4.79 Å². The fraction of sp³-hybridized carbons (Fsp3) is 0.524. The largest absolute Gasteiger partial charge is 0.357 e. The number of aromatic nitrogens is 2. The number of hydrogen-bond donors (Lipinski definition) is 2. The molecule has 1 fully saturated rings. The van der Waals surface area contributed by atoms with Gasteiger partial charge in [0.05, 0.1) is 6.04 Å². The summed E-state index contributed by atoms with van der Waals surface area (Å²) in [4.78, 5) is 23.2. The lowest BCUT2D eigenvalue weighted by Crippen LogP contribution is -2.44. The van der Waals surface area contributed by atoms with Crippen LogP contribution in [0.3, 0.4) is 0 Å². The Hall–Kier alpha value is -2.17. The molecule has 1 aromatic carbocycles. The molecule has 1 unspecified atom stereocenters. The van der Waals surface area contributed by atoms with Gasteiger partial charge >= 0.3 is 0 Å². The summed E-state index contributed by atoms with van der Waals surface area (Å²) >= 11 is 0. The van der Waals surface area contributed by atoms with Crippen LogP contribution in [-0.2, 0) is 11.2 Å². The Kier molecular flexibility index (Phi) is 9.54. The van der Waals surface area contributed by atoms with Crippen molar-refractivity contribution in [2.45, 2.75) is 52.0 Å². The lowest BCUT2D eigenvalue weighted by atomic mass is 10.2. The van der Waals surface area contributed by atoms with Crippen LogP contribution in [0.2, 0.25) is 0 Å². The molecule has 1 aliphatic rings. The molecule has 2 heterocycles. The van der Waals surface area contributed by atoms with Crippen molar-refractivity contribution in [3.63, 3.8) is 0 Å². The van der Waals surface area contributed by atoms with E-state index in [1.807, 2.05) is 56.0 Å². The van der Waals surface area contributed by atoms with Crippen LogP contribution in [0.4, 0.5) is 5.69 Å². The van der Waals surface area contributed by atoms with E-state index in [1.54, 1.807) is 0 Å². The molecular formula is C21H31IN6O2. The van der Waals surface area contributed by atoms with Crippen molar-refractivity contribution in [1.29, 1.82) is 0 Å². The van der Waals surface area contributed by atoms with Crippen LogP contribution in [0.25, 0.3) is 0 Å². The highest BCUT2D eigenvalue weighted by Gasteiger charge is 2.31. The van der Waals surface area contributed by atoms with Crippen molar-refractivity contribution in [2.75, 3.05) is 24.5 Å². The fourth-order valence-electron chi connectivity index (χ4n) is 3.20. The van der Waals surface area contributed by atoms with Gasteiger partial charge in [0.15, 0.2) is 11.8 Å². The Labute approximate surface area is 194 Å². The summed E-state index contributed by atoms with van der Waals surface area (Å²) in [7, 11) is 0. The first-order valence-corrected chi connectivity index (χ1v) is 10.3. The Morgan fingerprint density at radius 1 is 1.33 bits per heavy atom. The number of benzene rings is 1. The van der Waals surface area contributed by atoms with Crippen LogP contribution < -0.4 is 15.5 Å². The molecule has 1 atom stereocenters. The minimum atomic E-state index is 0. The SMILES string of the molecule is CCNC(=NCCCc1nc(C(C)C)no1)NC1CC(=O)N(c2ccccc2)C1.I. The van der Waals surface area contributed by atoms with E-state index >= 15 is 0 Å². The third kappa shape index (κ3) is 6.68. The highest BCUT2D eigenvalue weighted by molar-refractivity contribution is 14.0. The van der Waals surface area contributed by atoms with E-state index in [-0.39, 0.29) is 41.8 Å². The summed E-state index contributed by atoms with van der Waals surface area (Å²) in [6.45, 7) is 8.14. The first kappa shape index (κ1) is 24.1. The van der Waals surface area contributed by atoms with Gasteiger partial charge in [0, 0.05) is 44.1 Å². The number of guanidine groups is 1. The molecule has 1 aliphatic heterocycles. The van der Waals surface area contributed by atoms with Gasteiger partial charge in [-0.25, -0.2) is 0 Å². The smallest absolute Gasteiger partial charge is 0.229 e. The van der Waals surface area contributed by atoms with Crippen LogP contribution in [0.5, 0.6) is 0 Å². The molecular weight excluding hydrogens is 495 g/mol. The van der Waals surface area contributed by atoms with E-state index in [0.29, 0.717) is 31.8 Å². The molecule has 0 radical (unpaired) electrons. The summed E-state index contributed by atoms with van der Waals surface area (Å²) in [5.74, 6) is 2.52. The van der Waals surface area contributed by atoms with Crippen LogP contribution in [-0.4, -0.2) is 47.7 Å². The monoisotopic (exact) mass is 526 g/mol. The predicted octanol–water partition coefficient (Wildman–Crippen LogP) is 3.10. The van der Waals surface area contributed by atoms with Gasteiger partial charge in [-0.15, -0.1) is 24.0 Å². The van der Waals surface area contributed by atoms with Gasteiger partial charge in [0.2, 0.25) is 11.8 Å². The molecule has 0 saturated carbocycles. The number of amides is 1. The molecule has 0 spiro atoms. The second-order valence-electron chi connectivity index (χ2n) is 7.45. The second kappa shape index (κ2) is 11.9. The zero-order chi connectivity index (χ0) is 20.6. The Bertz CT molecular complexity index is 824. The number of aliphatic imine (C=N–C) groups is 1. The first-order valence-electron chi connectivity index (χ1n) is 10.3. The molecule has 1 saturated heterocycles. The van der Waals surface area contributed by atoms with Crippen molar-refractivity contribution in [3.8, 4) is 0 Å². The zero-order valence-corrected chi connectivity index (χ0v) is 20.1. The van der Waals surface area contributed by atoms with E-state index in [2.05, 4.69) is 25.8 Å². The number of aryl methyl sites for hydroxylation is 1. The van der Waals surface area contributed by atoms with Crippen molar-refractivity contribution in [1.82, 2.24) is 20.8 Å². The highest BCUT2D eigenvalue weighted by atomic mass is 127. The summed E-state index contributed by atoms with van der Waals surface area (Å²) in [6, 6.07) is 9.80. The summed E-state index contributed by atoms with van der Waals surface area (Å²) in [6.07, 6.45) is 1.97. The van der Waals surface area contributed by atoms with E-state index in [1.165, 1.54) is 0 Å². The number of nitrogens with one attached hydrogen (secondary N) is 2. The number of carbonyl (C=O) groups excluding carboxylic acids is 1. The van der Waals surface area contributed by atoms with Gasteiger partial charge in [-0.05, 0) is 25.5 Å². The van der Waals surface area contributed by atoms with E-state index < -0.39 is 0 Å². The maximum absolute atomic E-state index is 12.4. The lowest BCUT2D eigenvalue weighted by Gasteiger charge is -2.19. The van der Waals surface area contributed by atoms with Crippen LogP contribution in [0.15, 0.2) is 39.8 Å². The molecule has 9 heteroatoms. The van der Waals surface area contributed by atoms with Gasteiger partial charge < -0.3 is 20.1 Å². The van der Waals surface area contributed by atoms with Gasteiger partial charge in [-0.3, -0.25) is 9.79 Å². The Morgan fingerprint density at radius 2 is 2.10 bits per heavy atom. The van der Waals surface area contributed by atoms with Crippen molar-refractivity contribution in [3.05, 3.63) is 42.0 Å². The summed E-state index contributed by atoms with van der Waals surface area (Å²) in [5.41, 5.74) is 0.934. The number of hydrogen-bond acceptors (Lipinski definition) is 5. The van der Waals surface area contributed by atoms with Crippen LogP contribution >= 0.6 is 24.0 Å². The minimum Gasteiger partial charge on any atom is -0.357 e. The van der Waals surface area contributed by atoms with Gasteiger partial charge in [0.1, 0.15) is 0 Å². The highest BCUT2D eigenvalue weighted by Crippen LogP contribution is 2.21. The number of nitrogens with zero attached hydrogens (tertiary/aromatic N) is 4. The summed E-state index contributed by atoms with van der Waals surface area (Å²) < 4.78 is 5.27. The average molecular weight is 526 g/mol. The second-order valence-corrected chi connectivity index (χ2v) is 7.45. The molecule has 1 aromatic heterocycles. The number of anilines is 1. The van der Waals surface area contributed by atoms with Crippen molar-refractivity contribution in [2.24, 2.45) is 4.99 Å². The third-order valence-electron chi connectivity index (χ3n) is 4.70. The number of rotatable bonds is 8. The fourth-order valence-corrected chi connectivity index (χ4v) is 3.20. The van der Waals surface area contributed by atoms with E-state index in [0.717, 1.165) is 30.4 Å². The normalized spacial score (nSPS) is 16.7. The Morgan fingerprint density at radius 3 is 2.77 bits per heavy atom. The zero-order valence-electron chi connectivity index (χ0n) is 17.8. The van der Waals surface area contributed by atoms with Crippen LogP contribution in [0, 0.1) is 0 Å². The average Bonchev–Trinajstić information content (AvgIpc) is 3.33. The van der Waals surface area contributed by atoms with Gasteiger partial charge in [0.25, 0.3) is 0 Å². The van der Waals surface area contributed by atoms with Gasteiger partial charge in [-0.1, -0.05) is 37.2 Å².